The first kappa shape index (κ1) is 96.2. The molecule has 0 bridgehead atoms. The van der Waals surface area contributed by atoms with Crippen molar-refractivity contribution in [2.45, 2.75) is 128 Å². The van der Waals surface area contributed by atoms with E-state index in [0.29, 0.717) is 46.0 Å². The van der Waals surface area contributed by atoms with Crippen molar-refractivity contribution >= 4 is 77.2 Å². The number of likely N-dealkylation sites (N-methyl/N-ethyl adjacent to an activating group) is 1. The minimum Gasteiger partial charge on any atom is -0.779 e. The molecule has 25 atom stereocenters. The van der Waals surface area contributed by atoms with Crippen LogP contribution in [0.5, 0.6) is 0 Å². The number of methoxy groups -OCH3 is 7. The second-order valence-electron chi connectivity index (χ2n) is 22.9. The van der Waals surface area contributed by atoms with Gasteiger partial charge in [-0.3, -0.25) is 4.84 Å². The molecule has 5 fully saturated rings. The molecule has 0 spiro atoms. The standard InChI is InChI=1S/C13H27BNO7P.C11H23BNO7P.C10H21BNO6P.C10H20BO7P.C8H16BO6P/c1-15(2)5-6-19-7-8-20-12-11(22-23(4,16)17)10(9-18-3)21-13(12)14;1-13(2)18-6-5-17-10-9(20-21(4,14)15)8(7-16-3)19-11(10)12;1-15-6-7-8(18-19(2,13)14)9(10(11)17-7)16-5-3-4-12;1-14-4-5-16-9-8(18-19(3,12)13)7(6-15-2)17-10(9)11;1-12-4-5-6(15-16(3,10)11)7(13-2)8(9)14-5/h10-13H,5-9H2,1-4H3,(H,16,17);8-11H,5-7H2,1-4H3,(H,14,15);7-10H,3-6,12H2,1-2H3,(H,13,14);7-10H,4-6H2,1-3H3,(H,12,13);5-8H,4H2,1-3H3,(H,10,11)/p-5/t10-,11+,12?,13-;8-,9+,10?,11-;2*7-,8+,9?,10-;5-,6+,7?,8-/m11111/s1. The van der Waals surface area contributed by atoms with Crippen molar-refractivity contribution < 1.29 is 155 Å². The summed E-state index contributed by atoms with van der Waals surface area (Å²) in [4.78, 5) is 63.8. The summed E-state index contributed by atoms with van der Waals surface area (Å²) in [5.74, 6) is 0. The number of nitrogens with two attached hydrogens (primary N) is 1. The Morgan fingerprint density at radius 2 is 0.633 bits per heavy atom. The van der Waals surface area contributed by atoms with E-state index in [1.54, 1.807) is 14.1 Å². The van der Waals surface area contributed by atoms with Crippen LogP contribution in [0.25, 0.3) is 0 Å². The Labute approximate surface area is 584 Å². The van der Waals surface area contributed by atoms with Crippen molar-refractivity contribution in [1.82, 2.24) is 9.96 Å². The molecule has 0 saturated carbocycles. The van der Waals surface area contributed by atoms with Crippen LogP contribution < -0.4 is 30.2 Å². The van der Waals surface area contributed by atoms with E-state index in [-0.39, 0.29) is 52.9 Å². The summed E-state index contributed by atoms with van der Waals surface area (Å²) >= 11 is 0. The Morgan fingerprint density at radius 3 is 0.878 bits per heavy atom. The molecule has 5 rings (SSSR count). The van der Waals surface area contributed by atoms with E-state index < -0.39 is 160 Å². The maximum Gasteiger partial charge on any atom is 0.132 e. The second kappa shape index (κ2) is 49.2. The fraction of sp³-hybridized carbons (Fsp3) is 1.00. The van der Waals surface area contributed by atoms with Gasteiger partial charge in [0, 0.05) is 140 Å². The molecule has 5 aliphatic rings. The summed E-state index contributed by atoms with van der Waals surface area (Å²) in [6.07, 6.45) is -9.72. The first-order chi connectivity index (χ1) is 45.6. The van der Waals surface area contributed by atoms with Gasteiger partial charge in [-0.05, 0) is 27.1 Å². The van der Waals surface area contributed by atoms with E-state index in [4.69, 9.17) is 153 Å². The molecule has 5 saturated heterocycles. The summed E-state index contributed by atoms with van der Waals surface area (Å²) in [5.41, 5.74) is 5.37. The van der Waals surface area contributed by atoms with Crippen LogP contribution in [0.15, 0.2) is 0 Å². The lowest BCUT2D eigenvalue weighted by Crippen LogP contribution is -2.40. The SMILES string of the molecule is [B][C@@H]1O[C@H](COC)[C@H](OP(C)(=O)[O-])C1OC.[B][C@@H]1O[C@H](COC)[C@H](OP(C)(=O)[O-])C1OCCCN.[B][C@@H]1O[C@H](COC)[C@H](OP(C)(=O)[O-])C1OCCOC.[B][C@@H]1O[C@H](COC)[C@H](OP(C)(=O)[O-])C1OCCOCCN(C)C.[B][C@@H]1O[C@H](COC)[C@H](OP(C)(=O)[O-])C1OCCON(C)C. The van der Waals surface area contributed by atoms with Crippen molar-refractivity contribution in [3.8, 4) is 0 Å². The Hall–Kier alpha value is 0.235. The number of hydroxylamine groups is 2. The molecule has 36 nitrogen and oxygen atoms in total. The Bertz CT molecular complexity index is 2290. The van der Waals surface area contributed by atoms with Crippen LogP contribution in [0.1, 0.15) is 6.42 Å². The van der Waals surface area contributed by atoms with Gasteiger partial charge in [0.25, 0.3) is 0 Å². The zero-order chi connectivity index (χ0) is 74.8. The van der Waals surface area contributed by atoms with Crippen LogP contribution in [-0.4, -0.2) is 381 Å². The molecule has 0 aliphatic carbocycles. The molecule has 5 aliphatic heterocycles. The van der Waals surface area contributed by atoms with Gasteiger partial charge in [-0.2, -0.15) is 5.06 Å². The van der Waals surface area contributed by atoms with Gasteiger partial charge in [0.15, 0.2) is 0 Å². The van der Waals surface area contributed by atoms with Gasteiger partial charge in [-0.25, -0.2) is 0 Å². The molecule has 10 radical (unpaired) electrons. The largest absolute Gasteiger partial charge is 0.779 e. The van der Waals surface area contributed by atoms with Gasteiger partial charge in [0.05, 0.1) is 79.3 Å². The van der Waals surface area contributed by atoms with E-state index in [1.807, 2.05) is 19.0 Å². The maximum atomic E-state index is 11.5. The van der Waals surface area contributed by atoms with E-state index in [2.05, 4.69) is 0 Å². The van der Waals surface area contributed by atoms with Crippen molar-refractivity contribution in [2.24, 2.45) is 5.73 Å². The van der Waals surface area contributed by atoms with Crippen molar-refractivity contribution in [2.75, 3.05) is 210 Å². The lowest BCUT2D eigenvalue weighted by Gasteiger charge is -2.29. The summed E-state index contributed by atoms with van der Waals surface area (Å²) in [6.45, 7) is 9.88. The van der Waals surface area contributed by atoms with Gasteiger partial charge in [-0.15, -0.1) is 0 Å². The smallest absolute Gasteiger partial charge is 0.132 e. The summed E-state index contributed by atoms with van der Waals surface area (Å²) < 4.78 is 171. The molecule has 10 unspecified atom stereocenters. The molecule has 0 aromatic heterocycles. The lowest BCUT2D eigenvalue weighted by atomic mass is 9.93. The van der Waals surface area contributed by atoms with Crippen LogP contribution in [-0.2, 0) is 131 Å². The number of hydrogen-bond donors (Lipinski definition) is 1. The summed E-state index contributed by atoms with van der Waals surface area (Å²) in [7, 11) is 27.0. The molecule has 568 valence electrons. The molecule has 98 heavy (non-hydrogen) atoms. The Balaban J connectivity index is 0.000000615. The van der Waals surface area contributed by atoms with Crippen molar-refractivity contribution in [1.29, 1.82) is 0 Å². The molecule has 0 aromatic carbocycles. The summed E-state index contributed by atoms with van der Waals surface area (Å²) in [5, 5.41) is 1.54. The van der Waals surface area contributed by atoms with Crippen LogP contribution >= 0.6 is 38.0 Å². The quantitative estimate of drug-likeness (QED) is 0.0259. The highest BCUT2D eigenvalue weighted by Crippen LogP contribution is 2.44. The molecule has 2 N–H and O–H groups in total. The highest BCUT2D eigenvalue weighted by molar-refractivity contribution is 7.51. The first-order valence-electron chi connectivity index (χ1n) is 30.7. The van der Waals surface area contributed by atoms with E-state index >= 15 is 0 Å². The Morgan fingerprint density at radius 1 is 0.367 bits per heavy atom. The molecule has 0 aromatic rings. The summed E-state index contributed by atoms with van der Waals surface area (Å²) in [6, 6.07) is -3.82. The number of nitrogens with zero attached hydrogens (tertiary/aromatic N) is 2. The molecule has 46 heteroatoms. The number of hydrogen-bond acceptors (Lipinski definition) is 36. The molecular weight excluding hydrogens is 1400 g/mol. The highest BCUT2D eigenvalue weighted by atomic mass is 31.2. The second-order valence-corrected chi connectivity index (χ2v) is 31.7. The predicted molar refractivity (Wildman–Crippen MR) is 348 cm³/mol. The van der Waals surface area contributed by atoms with Gasteiger partial charge >= 0.3 is 0 Å². The maximum absolute atomic E-state index is 11.5. The minimum absolute atomic E-state index is 0.159. The fourth-order valence-corrected chi connectivity index (χ4v) is 13.1. The molecule has 0 amide bonds. The Kier molecular flexibility index (Phi) is 48.4. The van der Waals surface area contributed by atoms with Gasteiger partial charge in [0.2, 0.25) is 0 Å². The van der Waals surface area contributed by atoms with Gasteiger partial charge in [-0.1, -0.05) is 0 Å². The fourth-order valence-electron chi connectivity index (χ4n) is 9.61. The third-order valence-electron chi connectivity index (χ3n) is 13.4. The van der Waals surface area contributed by atoms with E-state index in [1.165, 1.54) is 54.8 Å². The lowest BCUT2D eigenvalue weighted by molar-refractivity contribution is -0.207. The first-order valence-corrected chi connectivity index (χ1v) is 40.7. The third-order valence-corrected chi connectivity index (χ3v) is 16.6. The number of rotatable bonds is 41. The minimum atomic E-state index is -3.96. The number of ether oxygens (including phenoxy) is 17. The average Bonchev–Trinajstić information content (AvgIpc) is 1.71. The van der Waals surface area contributed by atoms with Gasteiger partial charge < -0.3 is 161 Å². The highest BCUT2D eigenvalue weighted by Gasteiger charge is 2.49. The van der Waals surface area contributed by atoms with Crippen molar-refractivity contribution in [3.05, 3.63) is 0 Å². The van der Waals surface area contributed by atoms with Gasteiger partial charge in [0.1, 0.15) is 169 Å². The predicted octanol–water partition coefficient (Wildman–Crippen LogP) is -4.90. The van der Waals surface area contributed by atoms with Crippen LogP contribution in [0.2, 0.25) is 0 Å². The molecular formula is C52H102B5N3O33P5-5. The molecule has 5 heterocycles. The normalized spacial score (nSPS) is 33.8. The van der Waals surface area contributed by atoms with Crippen LogP contribution in [0.4, 0.5) is 0 Å². The zero-order valence-corrected chi connectivity index (χ0v) is 63.4. The van der Waals surface area contributed by atoms with Crippen molar-refractivity contribution in [3.63, 3.8) is 0 Å². The van der Waals surface area contributed by atoms with E-state index in [9.17, 15) is 47.3 Å². The average molecular weight is 1510 g/mol. The monoisotopic (exact) mass is 1510 g/mol. The van der Waals surface area contributed by atoms with Crippen LogP contribution in [0, 0.1) is 0 Å². The zero-order valence-electron chi connectivity index (χ0n) is 58.9. The topological polar surface area (TPSA) is 445 Å². The van der Waals surface area contributed by atoms with Crippen LogP contribution in [0.3, 0.4) is 0 Å². The third kappa shape index (κ3) is 39.7. The van der Waals surface area contributed by atoms with E-state index in [0.717, 1.165) is 39.9 Å².